The minimum atomic E-state index is -0.243. The average molecular weight is 269 g/mol. The minimum absolute atomic E-state index is 0.243. The Labute approximate surface area is 117 Å². The lowest BCUT2D eigenvalue weighted by Crippen LogP contribution is -2.28. The number of carbonyl (C=O) groups is 1. The van der Waals surface area contributed by atoms with Gasteiger partial charge in [-0.1, -0.05) is 11.8 Å². The maximum Gasteiger partial charge on any atom is 0.271 e. The Morgan fingerprint density at radius 3 is 3.10 bits per heavy atom. The number of imidazole rings is 1. The molecule has 2 aromatic heterocycles. The molecule has 0 aliphatic heterocycles. The van der Waals surface area contributed by atoms with Gasteiger partial charge < -0.3 is 15.6 Å². The molecule has 0 radical (unpaired) electrons. The number of pyridine rings is 1. The summed E-state index contributed by atoms with van der Waals surface area (Å²) in [5.74, 6) is 5.32. The molecule has 0 unspecified atom stereocenters. The molecule has 0 aliphatic rings. The second kappa shape index (κ2) is 7.07. The monoisotopic (exact) mass is 269 g/mol. The number of rotatable bonds is 4. The molecule has 0 bridgehead atoms. The molecule has 0 aliphatic carbocycles. The van der Waals surface area contributed by atoms with Crippen LogP contribution in [0, 0.1) is 11.8 Å². The first-order chi connectivity index (χ1) is 9.81. The third-order valence-electron chi connectivity index (χ3n) is 2.56. The minimum Gasteiger partial charge on any atom is -0.349 e. The summed E-state index contributed by atoms with van der Waals surface area (Å²) >= 11 is 0. The second-order valence-electron chi connectivity index (χ2n) is 3.96. The molecule has 6 heteroatoms. The summed E-state index contributed by atoms with van der Waals surface area (Å²) in [5.41, 5.74) is 6.23. The molecule has 1 amide bonds. The molecular formula is C14H15N5O. The number of nitrogens with zero attached hydrogens (tertiary/aromatic N) is 3. The van der Waals surface area contributed by atoms with Crippen LogP contribution < -0.4 is 11.1 Å². The molecule has 0 fully saturated rings. The van der Waals surface area contributed by atoms with Crippen molar-refractivity contribution in [2.75, 3.05) is 13.1 Å². The average Bonchev–Trinajstić information content (AvgIpc) is 2.98. The molecule has 102 valence electrons. The Hall–Kier alpha value is -2.65. The Morgan fingerprint density at radius 1 is 1.45 bits per heavy atom. The topological polar surface area (TPSA) is 85.8 Å². The largest absolute Gasteiger partial charge is 0.349 e. The van der Waals surface area contributed by atoms with E-state index < -0.39 is 0 Å². The molecule has 0 saturated heterocycles. The van der Waals surface area contributed by atoms with Crippen molar-refractivity contribution in [2.45, 2.75) is 6.54 Å². The number of carbonyl (C=O) groups excluding carboxylic acids is 1. The van der Waals surface area contributed by atoms with Crippen molar-refractivity contribution in [2.24, 2.45) is 5.73 Å². The van der Waals surface area contributed by atoms with Crippen molar-refractivity contribution < 1.29 is 4.79 Å². The van der Waals surface area contributed by atoms with Crippen molar-refractivity contribution in [3.8, 4) is 11.8 Å². The molecule has 2 aromatic rings. The second-order valence-corrected chi connectivity index (χ2v) is 3.96. The fourth-order valence-electron chi connectivity index (χ4n) is 1.63. The van der Waals surface area contributed by atoms with Crippen LogP contribution in [0.25, 0.3) is 0 Å². The highest BCUT2D eigenvalue weighted by molar-refractivity contribution is 5.94. The SMILES string of the molecule is NCC#Cc1cccnc1C(=O)NCCn1ccnc1. The molecule has 0 aromatic carbocycles. The van der Waals surface area contributed by atoms with Crippen LogP contribution >= 0.6 is 0 Å². The van der Waals surface area contributed by atoms with Crippen LogP contribution in [0.1, 0.15) is 16.1 Å². The van der Waals surface area contributed by atoms with Gasteiger partial charge in [-0.05, 0) is 12.1 Å². The highest BCUT2D eigenvalue weighted by atomic mass is 16.1. The fraction of sp³-hybridized carbons (Fsp3) is 0.214. The number of amides is 1. The first-order valence-electron chi connectivity index (χ1n) is 6.19. The van der Waals surface area contributed by atoms with Gasteiger partial charge in [0.25, 0.3) is 5.91 Å². The van der Waals surface area contributed by atoms with Gasteiger partial charge in [0.05, 0.1) is 18.4 Å². The van der Waals surface area contributed by atoms with Crippen LogP contribution in [0.4, 0.5) is 0 Å². The predicted octanol–water partition coefficient (Wildman–Crippen LogP) is 0.0183. The summed E-state index contributed by atoms with van der Waals surface area (Å²) in [6.45, 7) is 1.40. The highest BCUT2D eigenvalue weighted by Gasteiger charge is 2.10. The highest BCUT2D eigenvalue weighted by Crippen LogP contribution is 2.03. The smallest absolute Gasteiger partial charge is 0.271 e. The lowest BCUT2D eigenvalue weighted by Gasteiger charge is -2.06. The maximum absolute atomic E-state index is 12.1. The van der Waals surface area contributed by atoms with E-state index in [2.05, 4.69) is 27.1 Å². The van der Waals surface area contributed by atoms with E-state index in [-0.39, 0.29) is 12.5 Å². The number of aromatic nitrogens is 3. The summed E-state index contributed by atoms with van der Waals surface area (Å²) in [4.78, 5) is 20.1. The molecule has 0 atom stereocenters. The molecule has 2 rings (SSSR count). The van der Waals surface area contributed by atoms with Gasteiger partial charge in [0.15, 0.2) is 0 Å². The molecule has 2 heterocycles. The van der Waals surface area contributed by atoms with E-state index in [1.54, 1.807) is 30.9 Å². The number of nitrogens with one attached hydrogen (secondary N) is 1. The summed E-state index contributed by atoms with van der Waals surface area (Å²) in [6.07, 6.45) is 6.80. The molecule has 0 spiro atoms. The molecule has 20 heavy (non-hydrogen) atoms. The fourth-order valence-corrected chi connectivity index (χ4v) is 1.63. The van der Waals surface area contributed by atoms with Crippen molar-refractivity contribution in [1.82, 2.24) is 19.9 Å². The van der Waals surface area contributed by atoms with Crippen LogP contribution in [0.2, 0.25) is 0 Å². The summed E-state index contributed by atoms with van der Waals surface area (Å²) < 4.78 is 1.88. The first kappa shape index (κ1) is 13.8. The van der Waals surface area contributed by atoms with E-state index >= 15 is 0 Å². The van der Waals surface area contributed by atoms with E-state index in [1.807, 2.05) is 10.8 Å². The predicted molar refractivity (Wildman–Crippen MR) is 74.7 cm³/mol. The molecular weight excluding hydrogens is 254 g/mol. The lowest BCUT2D eigenvalue weighted by atomic mass is 10.2. The molecule has 6 nitrogen and oxygen atoms in total. The van der Waals surface area contributed by atoms with Crippen molar-refractivity contribution in [3.05, 3.63) is 48.3 Å². The molecule has 3 N–H and O–H groups in total. The van der Waals surface area contributed by atoms with Crippen LogP contribution in [0.5, 0.6) is 0 Å². The summed E-state index contributed by atoms with van der Waals surface area (Å²) in [5, 5.41) is 2.80. The van der Waals surface area contributed by atoms with Gasteiger partial charge in [-0.2, -0.15) is 0 Å². The van der Waals surface area contributed by atoms with Gasteiger partial charge in [-0.25, -0.2) is 9.97 Å². The van der Waals surface area contributed by atoms with E-state index in [1.165, 1.54) is 0 Å². The Bertz CT molecular complexity index is 625. The van der Waals surface area contributed by atoms with Gasteiger partial charge in [-0.15, -0.1) is 0 Å². The Balaban J connectivity index is 1.98. The maximum atomic E-state index is 12.1. The number of nitrogens with two attached hydrogens (primary N) is 1. The first-order valence-corrected chi connectivity index (χ1v) is 6.19. The zero-order valence-electron chi connectivity index (χ0n) is 10.9. The third-order valence-corrected chi connectivity index (χ3v) is 2.56. The normalized spacial score (nSPS) is 9.65. The Kier molecular flexibility index (Phi) is 4.87. The van der Waals surface area contributed by atoms with Crippen LogP contribution in [0.15, 0.2) is 37.1 Å². The van der Waals surface area contributed by atoms with E-state index in [9.17, 15) is 4.79 Å². The van der Waals surface area contributed by atoms with Crippen LogP contribution in [-0.2, 0) is 6.54 Å². The quantitative estimate of drug-likeness (QED) is 0.766. The van der Waals surface area contributed by atoms with Crippen molar-refractivity contribution >= 4 is 5.91 Å². The van der Waals surface area contributed by atoms with Gasteiger partial charge in [0.2, 0.25) is 0 Å². The van der Waals surface area contributed by atoms with Crippen molar-refractivity contribution in [3.63, 3.8) is 0 Å². The van der Waals surface area contributed by atoms with Crippen LogP contribution in [-0.4, -0.2) is 33.5 Å². The third kappa shape index (κ3) is 3.67. The summed E-state index contributed by atoms with van der Waals surface area (Å²) in [6, 6.07) is 3.49. The van der Waals surface area contributed by atoms with Gasteiger partial charge in [0, 0.05) is 31.7 Å². The standard InChI is InChI=1S/C14H15N5O/c15-5-1-3-12-4-2-6-17-13(12)14(20)18-8-10-19-9-7-16-11-19/h2,4,6-7,9,11H,5,8,10,15H2,(H,18,20). The van der Waals surface area contributed by atoms with Gasteiger partial charge >= 0.3 is 0 Å². The molecule has 0 saturated carbocycles. The zero-order chi connectivity index (χ0) is 14.2. The van der Waals surface area contributed by atoms with Crippen LogP contribution in [0.3, 0.4) is 0 Å². The number of hydrogen-bond donors (Lipinski definition) is 2. The van der Waals surface area contributed by atoms with Gasteiger partial charge in [-0.3, -0.25) is 4.79 Å². The Morgan fingerprint density at radius 2 is 2.35 bits per heavy atom. The lowest BCUT2D eigenvalue weighted by molar-refractivity contribution is 0.0947. The van der Waals surface area contributed by atoms with E-state index in [0.717, 1.165) is 0 Å². The zero-order valence-corrected chi connectivity index (χ0v) is 10.9. The van der Waals surface area contributed by atoms with E-state index in [0.29, 0.717) is 24.3 Å². The summed E-state index contributed by atoms with van der Waals surface area (Å²) in [7, 11) is 0. The van der Waals surface area contributed by atoms with Gasteiger partial charge in [0.1, 0.15) is 5.69 Å². The van der Waals surface area contributed by atoms with Crippen molar-refractivity contribution in [1.29, 1.82) is 0 Å². The van der Waals surface area contributed by atoms with E-state index in [4.69, 9.17) is 5.73 Å². The number of hydrogen-bond acceptors (Lipinski definition) is 4.